The van der Waals surface area contributed by atoms with E-state index in [1.54, 1.807) is 20.3 Å². The van der Waals surface area contributed by atoms with Crippen LogP contribution < -0.4 is 14.8 Å². The lowest BCUT2D eigenvalue weighted by Gasteiger charge is -2.13. The number of ether oxygens (including phenoxy) is 2. The zero-order chi connectivity index (χ0) is 15.2. The molecule has 0 aliphatic heterocycles. The lowest BCUT2D eigenvalue weighted by atomic mass is 10.2. The van der Waals surface area contributed by atoms with E-state index in [1.807, 2.05) is 18.2 Å². The fourth-order valence-corrected chi connectivity index (χ4v) is 1.88. The predicted molar refractivity (Wildman–Crippen MR) is 77.8 cm³/mol. The number of pyridine rings is 1. The van der Waals surface area contributed by atoms with Crippen LogP contribution in [0.3, 0.4) is 0 Å². The molecular weight excluding hydrogens is 274 g/mol. The van der Waals surface area contributed by atoms with Crippen molar-refractivity contribution < 1.29 is 14.4 Å². The van der Waals surface area contributed by atoms with Crippen molar-refractivity contribution in [3.8, 4) is 11.5 Å². The van der Waals surface area contributed by atoms with E-state index in [-0.39, 0.29) is 5.69 Å². The summed E-state index contributed by atoms with van der Waals surface area (Å²) in [4.78, 5) is 14.1. The van der Waals surface area contributed by atoms with Crippen molar-refractivity contribution in [3.05, 3.63) is 52.2 Å². The minimum Gasteiger partial charge on any atom is -0.493 e. The molecule has 1 aromatic carbocycles. The molecule has 0 spiro atoms. The van der Waals surface area contributed by atoms with Crippen molar-refractivity contribution in [2.75, 3.05) is 19.5 Å². The Balaban J connectivity index is 2.11. The van der Waals surface area contributed by atoms with E-state index in [0.717, 1.165) is 5.56 Å². The van der Waals surface area contributed by atoms with Crippen LogP contribution in [0, 0.1) is 10.1 Å². The van der Waals surface area contributed by atoms with Gasteiger partial charge in [-0.2, -0.15) is 0 Å². The number of hydrogen-bond donors (Lipinski definition) is 1. The van der Waals surface area contributed by atoms with Crippen LogP contribution in [0.5, 0.6) is 11.5 Å². The first-order valence-corrected chi connectivity index (χ1v) is 6.20. The molecule has 1 N–H and O–H groups in total. The molecule has 7 nitrogen and oxygen atoms in total. The molecule has 0 fully saturated rings. The topological polar surface area (TPSA) is 86.5 Å². The van der Waals surface area contributed by atoms with Crippen LogP contribution in [0.2, 0.25) is 0 Å². The van der Waals surface area contributed by atoms with Crippen molar-refractivity contribution in [2.45, 2.75) is 6.54 Å². The molecule has 2 aromatic rings. The zero-order valence-corrected chi connectivity index (χ0v) is 11.7. The highest BCUT2D eigenvalue weighted by Crippen LogP contribution is 2.31. The number of nitrogens with zero attached hydrogens (tertiary/aromatic N) is 2. The number of benzene rings is 1. The number of aromatic nitrogens is 1. The van der Waals surface area contributed by atoms with Crippen LogP contribution in [0.25, 0.3) is 0 Å². The molecule has 0 radical (unpaired) electrons. The summed E-state index contributed by atoms with van der Waals surface area (Å²) in [7, 11) is 3.15. The standard InChI is InChI=1S/C14H15N3O4/c1-20-12-5-3-4-10(14(12)21-2)8-15-13-7-6-11(9-16-13)17(18)19/h3-7,9H,8H2,1-2H3,(H,15,16). The van der Waals surface area contributed by atoms with Gasteiger partial charge in [0, 0.05) is 18.2 Å². The Morgan fingerprint density at radius 3 is 2.62 bits per heavy atom. The second-order valence-corrected chi connectivity index (χ2v) is 4.16. The Bertz CT molecular complexity index is 629. The Kier molecular flexibility index (Phi) is 4.55. The smallest absolute Gasteiger partial charge is 0.287 e. The highest BCUT2D eigenvalue weighted by molar-refractivity contribution is 5.49. The van der Waals surface area contributed by atoms with Gasteiger partial charge in [0.1, 0.15) is 12.0 Å². The first-order chi connectivity index (χ1) is 10.2. The van der Waals surface area contributed by atoms with Crippen molar-refractivity contribution in [1.82, 2.24) is 4.98 Å². The third kappa shape index (κ3) is 3.38. The van der Waals surface area contributed by atoms with E-state index < -0.39 is 4.92 Å². The number of nitrogens with one attached hydrogen (secondary N) is 1. The molecule has 2 rings (SSSR count). The second-order valence-electron chi connectivity index (χ2n) is 4.16. The summed E-state index contributed by atoms with van der Waals surface area (Å²) >= 11 is 0. The van der Waals surface area contributed by atoms with Crippen LogP contribution in [0.4, 0.5) is 11.5 Å². The Morgan fingerprint density at radius 1 is 1.24 bits per heavy atom. The van der Waals surface area contributed by atoms with Crippen LogP contribution >= 0.6 is 0 Å². The fraction of sp³-hybridized carbons (Fsp3) is 0.214. The van der Waals surface area contributed by atoms with Crippen molar-refractivity contribution in [3.63, 3.8) is 0 Å². The summed E-state index contributed by atoms with van der Waals surface area (Å²) in [5.74, 6) is 1.84. The first kappa shape index (κ1) is 14.6. The van der Waals surface area contributed by atoms with E-state index in [2.05, 4.69) is 10.3 Å². The predicted octanol–water partition coefficient (Wildman–Crippen LogP) is 2.62. The van der Waals surface area contributed by atoms with Gasteiger partial charge in [-0.25, -0.2) is 4.98 Å². The molecule has 0 atom stereocenters. The van der Waals surface area contributed by atoms with Crippen molar-refractivity contribution >= 4 is 11.5 Å². The molecule has 0 saturated heterocycles. The van der Waals surface area contributed by atoms with Crippen LogP contribution in [0.1, 0.15) is 5.56 Å². The molecule has 7 heteroatoms. The first-order valence-electron chi connectivity index (χ1n) is 6.20. The van der Waals surface area contributed by atoms with Crippen molar-refractivity contribution in [2.24, 2.45) is 0 Å². The lowest BCUT2D eigenvalue weighted by molar-refractivity contribution is -0.385. The van der Waals surface area contributed by atoms with Gasteiger partial charge < -0.3 is 14.8 Å². The van der Waals surface area contributed by atoms with E-state index in [0.29, 0.717) is 23.9 Å². The summed E-state index contributed by atoms with van der Waals surface area (Å²) in [6, 6.07) is 8.54. The molecule has 1 aromatic heterocycles. The zero-order valence-electron chi connectivity index (χ0n) is 11.7. The minimum atomic E-state index is -0.484. The Hall–Kier alpha value is -2.83. The van der Waals surface area contributed by atoms with Crippen LogP contribution in [-0.2, 0) is 6.54 Å². The molecule has 0 amide bonds. The van der Waals surface area contributed by atoms with Gasteiger partial charge in [-0.3, -0.25) is 10.1 Å². The van der Waals surface area contributed by atoms with Gasteiger partial charge in [0.15, 0.2) is 11.5 Å². The second kappa shape index (κ2) is 6.56. The molecule has 0 bridgehead atoms. The van der Waals surface area contributed by atoms with Gasteiger partial charge in [0.25, 0.3) is 5.69 Å². The van der Waals surface area contributed by atoms with E-state index in [9.17, 15) is 10.1 Å². The number of nitro groups is 1. The van der Waals surface area contributed by atoms with Gasteiger partial charge >= 0.3 is 0 Å². The SMILES string of the molecule is COc1cccc(CNc2ccc([N+](=O)[O-])cn2)c1OC. The highest BCUT2D eigenvalue weighted by atomic mass is 16.6. The van der Waals surface area contributed by atoms with E-state index >= 15 is 0 Å². The van der Waals surface area contributed by atoms with Crippen LogP contribution in [0.15, 0.2) is 36.5 Å². The summed E-state index contributed by atoms with van der Waals surface area (Å²) < 4.78 is 10.6. The summed E-state index contributed by atoms with van der Waals surface area (Å²) in [5, 5.41) is 13.6. The average Bonchev–Trinajstić information content (AvgIpc) is 2.52. The maximum Gasteiger partial charge on any atom is 0.287 e. The third-order valence-electron chi connectivity index (χ3n) is 2.90. The quantitative estimate of drug-likeness (QED) is 0.649. The molecule has 0 saturated carbocycles. The lowest BCUT2D eigenvalue weighted by Crippen LogP contribution is -2.04. The number of methoxy groups -OCH3 is 2. The average molecular weight is 289 g/mol. The van der Waals surface area contributed by atoms with Crippen LogP contribution in [-0.4, -0.2) is 24.1 Å². The molecule has 110 valence electrons. The van der Waals surface area contributed by atoms with E-state index in [4.69, 9.17) is 9.47 Å². The molecule has 0 unspecified atom stereocenters. The normalized spacial score (nSPS) is 10.0. The molecular formula is C14H15N3O4. The van der Waals surface area contributed by atoms with Gasteiger partial charge in [0.05, 0.1) is 19.1 Å². The maximum absolute atomic E-state index is 10.6. The maximum atomic E-state index is 10.6. The largest absolute Gasteiger partial charge is 0.493 e. The molecule has 0 aliphatic carbocycles. The monoisotopic (exact) mass is 289 g/mol. The van der Waals surface area contributed by atoms with E-state index in [1.165, 1.54) is 12.3 Å². The minimum absolute atomic E-state index is 0.0421. The van der Waals surface area contributed by atoms with Gasteiger partial charge in [-0.1, -0.05) is 12.1 Å². The number of hydrogen-bond acceptors (Lipinski definition) is 6. The van der Waals surface area contributed by atoms with Gasteiger partial charge in [0.2, 0.25) is 0 Å². The summed E-state index contributed by atoms with van der Waals surface area (Å²) in [5.41, 5.74) is 0.858. The van der Waals surface area contributed by atoms with Gasteiger partial charge in [-0.15, -0.1) is 0 Å². The van der Waals surface area contributed by atoms with Crippen molar-refractivity contribution in [1.29, 1.82) is 0 Å². The molecule has 21 heavy (non-hydrogen) atoms. The molecule has 0 aliphatic rings. The highest BCUT2D eigenvalue weighted by Gasteiger charge is 2.10. The number of anilines is 1. The third-order valence-corrected chi connectivity index (χ3v) is 2.90. The summed E-state index contributed by atoms with van der Waals surface area (Å²) in [6.45, 7) is 0.463. The Labute approximate surface area is 121 Å². The number of rotatable bonds is 6. The summed E-state index contributed by atoms with van der Waals surface area (Å²) in [6.07, 6.45) is 1.21. The fourth-order valence-electron chi connectivity index (χ4n) is 1.88. The molecule has 1 heterocycles. The van der Waals surface area contributed by atoms with Gasteiger partial charge in [-0.05, 0) is 12.1 Å². The number of para-hydroxylation sites is 1. The Morgan fingerprint density at radius 2 is 2.05 bits per heavy atom.